The lowest BCUT2D eigenvalue weighted by Crippen LogP contribution is -2.43. The van der Waals surface area contributed by atoms with Gasteiger partial charge in [0, 0.05) is 24.7 Å². The average molecular weight is 239 g/mol. The lowest BCUT2D eigenvalue weighted by atomic mass is 10.1. The van der Waals surface area contributed by atoms with Crippen molar-refractivity contribution < 1.29 is 0 Å². The number of likely N-dealkylation sites (tertiary alicyclic amines) is 1. The molecular weight excluding hydrogens is 210 g/mol. The van der Waals surface area contributed by atoms with Crippen molar-refractivity contribution >= 4 is 0 Å². The maximum atomic E-state index is 3.62. The molecule has 0 spiro atoms. The Kier molecular flexibility index (Phi) is 4.83. The molecule has 0 aromatic rings. The minimum atomic E-state index is 0.783. The zero-order chi connectivity index (χ0) is 12.3. The smallest absolute Gasteiger partial charge is 0.0226 e. The van der Waals surface area contributed by atoms with Crippen molar-refractivity contribution in [2.24, 2.45) is 0 Å². The van der Waals surface area contributed by atoms with Crippen LogP contribution in [0.1, 0.15) is 39.0 Å². The van der Waals surface area contributed by atoms with Crippen LogP contribution in [-0.2, 0) is 0 Å². The molecule has 3 atom stereocenters. The van der Waals surface area contributed by atoms with E-state index in [2.05, 4.69) is 36.1 Å². The summed E-state index contributed by atoms with van der Waals surface area (Å²) in [5.74, 6) is 0. The highest BCUT2D eigenvalue weighted by Crippen LogP contribution is 2.30. The van der Waals surface area contributed by atoms with E-state index in [-0.39, 0.29) is 0 Å². The maximum absolute atomic E-state index is 3.62. The van der Waals surface area contributed by atoms with Gasteiger partial charge in [-0.1, -0.05) is 6.92 Å². The Balaban J connectivity index is 1.84. The predicted molar refractivity (Wildman–Crippen MR) is 73.4 cm³/mol. The van der Waals surface area contributed by atoms with E-state index in [1.807, 2.05) is 0 Å². The van der Waals surface area contributed by atoms with Crippen LogP contribution in [0.2, 0.25) is 0 Å². The summed E-state index contributed by atoms with van der Waals surface area (Å²) in [5, 5.41) is 3.62. The number of hydrogen-bond donors (Lipinski definition) is 1. The van der Waals surface area contributed by atoms with E-state index in [4.69, 9.17) is 0 Å². The fourth-order valence-corrected chi connectivity index (χ4v) is 3.69. The molecule has 2 fully saturated rings. The highest BCUT2D eigenvalue weighted by Gasteiger charge is 2.35. The Hall–Kier alpha value is -0.120. The first-order valence-corrected chi connectivity index (χ1v) is 7.34. The van der Waals surface area contributed by atoms with Crippen LogP contribution in [0, 0.1) is 0 Å². The quantitative estimate of drug-likeness (QED) is 0.785. The van der Waals surface area contributed by atoms with E-state index in [0.717, 1.165) is 24.7 Å². The summed E-state index contributed by atoms with van der Waals surface area (Å²) in [4.78, 5) is 5.15. The van der Waals surface area contributed by atoms with Gasteiger partial charge in [-0.25, -0.2) is 0 Å². The Labute approximate surface area is 107 Å². The fourth-order valence-electron chi connectivity index (χ4n) is 3.69. The van der Waals surface area contributed by atoms with Gasteiger partial charge in [-0.05, 0) is 59.3 Å². The number of nitrogens with one attached hydrogen (secondary N) is 1. The summed E-state index contributed by atoms with van der Waals surface area (Å²) in [7, 11) is 4.40. The summed E-state index contributed by atoms with van der Waals surface area (Å²) >= 11 is 0. The molecule has 0 aromatic carbocycles. The van der Waals surface area contributed by atoms with Crippen molar-refractivity contribution in [3.8, 4) is 0 Å². The minimum Gasteiger partial charge on any atom is -0.314 e. The first kappa shape index (κ1) is 13.3. The van der Waals surface area contributed by atoms with Gasteiger partial charge in [-0.2, -0.15) is 0 Å². The lowest BCUT2D eigenvalue weighted by Gasteiger charge is -2.32. The van der Waals surface area contributed by atoms with Gasteiger partial charge in [0.2, 0.25) is 0 Å². The Morgan fingerprint density at radius 1 is 1.24 bits per heavy atom. The minimum absolute atomic E-state index is 0.783. The third kappa shape index (κ3) is 3.43. The number of rotatable bonds is 5. The highest BCUT2D eigenvalue weighted by molar-refractivity contribution is 4.92. The topological polar surface area (TPSA) is 18.5 Å². The predicted octanol–water partition coefficient (Wildman–Crippen LogP) is 1.54. The van der Waals surface area contributed by atoms with Gasteiger partial charge in [-0.15, -0.1) is 0 Å². The number of nitrogens with zero attached hydrogens (tertiary/aromatic N) is 2. The van der Waals surface area contributed by atoms with Gasteiger partial charge in [-0.3, -0.25) is 4.90 Å². The van der Waals surface area contributed by atoms with E-state index >= 15 is 0 Å². The monoisotopic (exact) mass is 239 g/mol. The Bertz CT molecular complexity index is 230. The average Bonchev–Trinajstić information content (AvgIpc) is 2.86. The maximum Gasteiger partial charge on any atom is 0.0226 e. The summed E-state index contributed by atoms with van der Waals surface area (Å²) < 4.78 is 0. The summed E-state index contributed by atoms with van der Waals surface area (Å²) in [6.07, 6.45) is 6.96. The molecule has 1 saturated heterocycles. The summed E-state index contributed by atoms with van der Waals surface area (Å²) in [5.41, 5.74) is 0. The first-order valence-electron chi connectivity index (χ1n) is 7.34. The molecule has 2 aliphatic rings. The molecule has 3 heteroatoms. The zero-order valence-corrected chi connectivity index (χ0v) is 11.8. The fraction of sp³-hybridized carbons (Fsp3) is 1.00. The second kappa shape index (κ2) is 6.17. The third-order valence-electron chi connectivity index (χ3n) is 4.37. The largest absolute Gasteiger partial charge is 0.314 e. The van der Waals surface area contributed by atoms with E-state index in [1.165, 1.54) is 45.2 Å². The number of likely N-dealkylation sites (N-methyl/N-ethyl adjacent to an activating group) is 1. The Morgan fingerprint density at radius 3 is 2.76 bits per heavy atom. The van der Waals surface area contributed by atoms with Crippen molar-refractivity contribution in [3.05, 3.63) is 0 Å². The molecule has 1 N–H and O–H groups in total. The van der Waals surface area contributed by atoms with Crippen LogP contribution in [0.3, 0.4) is 0 Å². The summed E-state index contributed by atoms with van der Waals surface area (Å²) in [6, 6.07) is 2.45. The van der Waals surface area contributed by atoms with E-state index in [9.17, 15) is 0 Å². The van der Waals surface area contributed by atoms with Gasteiger partial charge in [0.15, 0.2) is 0 Å². The van der Waals surface area contributed by atoms with Gasteiger partial charge in [0.05, 0.1) is 0 Å². The molecule has 1 heterocycles. The Morgan fingerprint density at radius 2 is 2.06 bits per heavy atom. The van der Waals surface area contributed by atoms with Gasteiger partial charge < -0.3 is 10.2 Å². The molecule has 3 unspecified atom stereocenters. The van der Waals surface area contributed by atoms with Crippen LogP contribution in [0.4, 0.5) is 0 Å². The number of hydrogen-bond acceptors (Lipinski definition) is 3. The molecule has 2 rings (SSSR count). The zero-order valence-electron chi connectivity index (χ0n) is 11.8. The first-order chi connectivity index (χ1) is 8.20. The van der Waals surface area contributed by atoms with Gasteiger partial charge in [0.1, 0.15) is 0 Å². The molecule has 3 nitrogen and oxygen atoms in total. The van der Waals surface area contributed by atoms with Gasteiger partial charge >= 0.3 is 0 Å². The molecule has 17 heavy (non-hydrogen) atoms. The molecular formula is C14H29N3. The molecule has 1 aliphatic heterocycles. The van der Waals surface area contributed by atoms with Crippen molar-refractivity contribution in [2.45, 2.75) is 57.2 Å². The van der Waals surface area contributed by atoms with E-state index in [1.54, 1.807) is 0 Å². The second-order valence-electron chi connectivity index (χ2n) is 6.02. The molecule has 1 saturated carbocycles. The van der Waals surface area contributed by atoms with Crippen LogP contribution >= 0.6 is 0 Å². The van der Waals surface area contributed by atoms with Crippen LogP contribution in [0.15, 0.2) is 0 Å². The summed E-state index contributed by atoms with van der Waals surface area (Å²) in [6.45, 7) is 5.92. The highest BCUT2D eigenvalue weighted by atomic mass is 15.2. The van der Waals surface area contributed by atoms with Crippen LogP contribution in [0.25, 0.3) is 0 Å². The molecule has 100 valence electrons. The standard InChI is InChI=1S/C14H29N3/c1-4-15-12-7-8-13(10-12)17-9-5-6-14(17)11-16(2)3/h12-15H,4-11H2,1-3H3. The van der Waals surface area contributed by atoms with Crippen molar-refractivity contribution in [1.29, 1.82) is 0 Å². The van der Waals surface area contributed by atoms with Crippen LogP contribution in [-0.4, -0.2) is 61.7 Å². The van der Waals surface area contributed by atoms with E-state index < -0.39 is 0 Å². The van der Waals surface area contributed by atoms with Crippen LogP contribution < -0.4 is 5.32 Å². The lowest BCUT2D eigenvalue weighted by molar-refractivity contribution is 0.152. The molecule has 0 aromatic heterocycles. The second-order valence-corrected chi connectivity index (χ2v) is 6.02. The van der Waals surface area contributed by atoms with Crippen LogP contribution in [0.5, 0.6) is 0 Å². The SMILES string of the molecule is CCNC1CCC(N2CCCC2CN(C)C)C1. The normalized spacial score (nSPS) is 34.9. The van der Waals surface area contributed by atoms with E-state index in [0.29, 0.717) is 0 Å². The van der Waals surface area contributed by atoms with Crippen molar-refractivity contribution in [3.63, 3.8) is 0 Å². The van der Waals surface area contributed by atoms with Crippen molar-refractivity contribution in [2.75, 3.05) is 33.7 Å². The molecule has 0 amide bonds. The molecule has 0 radical (unpaired) electrons. The molecule has 1 aliphatic carbocycles. The van der Waals surface area contributed by atoms with Gasteiger partial charge in [0.25, 0.3) is 0 Å². The third-order valence-corrected chi connectivity index (χ3v) is 4.37. The van der Waals surface area contributed by atoms with Crippen molar-refractivity contribution in [1.82, 2.24) is 15.1 Å². The molecule has 0 bridgehead atoms.